The third kappa shape index (κ3) is 3.79. The number of nitrogens with zero attached hydrogens (tertiary/aromatic N) is 4. The molecule has 0 radical (unpaired) electrons. The van der Waals surface area contributed by atoms with E-state index in [1.165, 1.54) is 16.3 Å². The van der Waals surface area contributed by atoms with Crippen LogP contribution in [0.15, 0.2) is 134 Å². The summed E-state index contributed by atoms with van der Waals surface area (Å²) in [6.07, 6.45) is 3.67. The molecule has 188 valence electrons. The highest BCUT2D eigenvalue weighted by Gasteiger charge is 2.15. The van der Waals surface area contributed by atoms with Crippen LogP contribution in [0.1, 0.15) is 0 Å². The normalized spacial score (nSPS) is 11.5. The molecule has 0 aliphatic carbocycles. The van der Waals surface area contributed by atoms with Crippen LogP contribution in [0, 0.1) is 0 Å². The number of rotatable bonds is 4. The first kappa shape index (κ1) is 22.8. The predicted octanol–water partition coefficient (Wildman–Crippen LogP) is 9.18. The SMILES string of the molecule is c1ccc(-c2cccc(-n3c4ccccc4c4ccc(-c5nc6ccc(-c7ccccn7)cc6s5)cc43)c2)nc1. The second-order valence-corrected chi connectivity index (χ2v) is 10.8. The first-order valence-corrected chi connectivity index (χ1v) is 14.0. The van der Waals surface area contributed by atoms with Crippen molar-refractivity contribution in [3.63, 3.8) is 0 Å². The van der Waals surface area contributed by atoms with Crippen LogP contribution < -0.4 is 0 Å². The third-order valence-electron chi connectivity index (χ3n) is 7.33. The molecule has 5 heteroatoms. The van der Waals surface area contributed by atoms with Gasteiger partial charge in [-0.25, -0.2) is 4.98 Å². The average Bonchev–Trinajstić information content (AvgIpc) is 3.60. The van der Waals surface area contributed by atoms with Gasteiger partial charge in [-0.15, -0.1) is 11.3 Å². The number of pyridine rings is 2. The molecule has 0 aliphatic rings. The molecule has 8 aromatic rings. The smallest absolute Gasteiger partial charge is 0.124 e. The van der Waals surface area contributed by atoms with Gasteiger partial charge in [0.15, 0.2) is 0 Å². The molecule has 4 aromatic carbocycles. The Morgan fingerprint density at radius 3 is 2.05 bits per heavy atom. The minimum atomic E-state index is 0.963. The van der Waals surface area contributed by atoms with E-state index < -0.39 is 0 Å². The van der Waals surface area contributed by atoms with E-state index in [9.17, 15) is 0 Å². The molecular weight excluding hydrogens is 508 g/mol. The summed E-state index contributed by atoms with van der Waals surface area (Å²) < 4.78 is 3.51. The Kier molecular flexibility index (Phi) is 5.28. The zero-order valence-corrected chi connectivity index (χ0v) is 22.2. The maximum atomic E-state index is 5.02. The predicted molar refractivity (Wildman–Crippen MR) is 166 cm³/mol. The molecule has 0 saturated heterocycles. The molecule has 4 nitrogen and oxygen atoms in total. The summed E-state index contributed by atoms with van der Waals surface area (Å²) in [7, 11) is 0. The van der Waals surface area contributed by atoms with Crippen LogP contribution in [0.5, 0.6) is 0 Å². The van der Waals surface area contributed by atoms with Gasteiger partial charge in [0.25, 0.3) is 0 Å². The van der Waals surface area contributed by atoms with Gasteiger partial charge in [-0.3, -0.25) is 9.97 Å². The van der Waals surface area contributed by atoms with Crippen molar-refractivity contribution in [1.29, 1.82) is 0 Å². The van der Waals surface area contributed by atoms with Crippen molar-refractivity contribution in [2.45, 2.75) is 0 Å². The molecule has 0 saturated carbocycles. The highest BCUT2D eigenvalue weighted by Crippen LogP contribution is 2.38. The standard InChI is InChI=1S/C35H22N4S/c1-2-13-32-27(10-1)28-16-14-25(35-38-31-17-15-24(22-34(31)40-35)30-12-4-6-19-37-30)21-33(28)39(32)26-9-7-8-23(20-26)29-11-3-5-18-36-29/h1-22H. The largest absolute Gasteiger partial charge is 0.309 e. The number of fused-ring (bicyclic) bond motifs is 4. The lowest BCUT2D eigenvalue weighted by Gasteiger charge is -2.10. The van der Waals surface area contributed by atoms with Crippen LogP contribution in [0.4, 0.5) is 0 Å². The maximum Gasteiger partial charge on any atom is 0.124 e. The van der Waals surface area contributed by atoms with Crippen molar-refractivity contribution in [3.8, 4) is 38.8 Å². The topological polar surface area (TPSA) is 43.6 Å². The van der Waals surface area contributed by atoms with E-state index in [0.717, 1.165) is 54.5 Å². The first-order chi connectivity index (χ1) is 19.8. The maximum absolute atomic E-state index is 5.02. The van der Waals surface area contributed by atoms with Crippen molar-refractivity contribution in [2.24, 2.45) is 0 Å². The van der Waals surface area contributed by atoms with Crippen LogP contribution in [0.2, 0.25) is 0 Å². The number of thiazole rings is 1. The molecule has 0 aliphatic heterocycles. The Labute approximate surface area is 234 Å². The lowest BCUT2D eigenvalue weighted by atomic mass is 10.1. The highest BCUT2D eigenvalue weighted by atomic mass is 32.1. The second-order valence-electron chi connectivity index (χ2n) is 9.77. The summed E-state index contributed by atoms with van der Waals surface area (Å²) >= 11 is 1.72. The molecule has 0 fully saturated rings. The Morgan fingerprint density at radius 1 is 0.525 bits per heavy atom. The average molecular weight is 531 g/mol. The Morgan fingerprint density at radius 2 is 1.25 bits per heavy atom. The lowest BCUT2D eigenvalue weighted by Crippen LogP contribution is -1.95. The quantitative estimate of drug-likeness (QED) is 0.228. The van der Waals surface area contributed by atoms with Gasteiger partial charge in [-0.05, 0) is 60.7 Å². The fourth-order valence-corrected chi connectivity index (χ4v) is 6.46. The monoisotopic (exact) mass is 530 g/mol. The van der Waals surface area contributed by atoms with Gasteiger partial charge in [0.05, 0.1) is 32.6 Å². The van der Waals surface area contributed by atoms with E-state index in [1.54, 1.807) is 11.3 Å². The van der Waals surface area contributed by atoms with Gasteiger partial charge >= 0.3 is 0 Å². The number of benzene rings is 4. The Bertz CT molecular complexity index is 2160. The number of aromatic nitrogens is 4. The zero-order chi connectivity index (χ0) is 26.5. The fraction of sp³-hybridized carbons (Fsp3) is 0. The van der Waals surface area contributed by atoms with Crippen LogP contribution in [0.25, 0.3) is 70.8 Å². The van der Waals surface area contributed by atoms with Gasteiger partial charge in [-0.1, -0.05) is 60.7 Å². The Hall–Kier alpha value is -5.13. The van der Waals surface area contributed by atoms with Gasteiger partial charge in [0, 0.05) is 45.5 Å². The van der Waals surface area contributed by atoms with E-state index in [0.29, 0.717) is 0 Å². The van der Waals surface area contributed by atoms with Crippen LogP contribution >= 0.6 is 11.3 Å². The molecule has 40 heavy (non-hydrogen) atoms. The van der Waals surface area contributed by atoms with E-state index in [1.807, 2.05) is 42.7 Å². The van der Waals surface area contributed by atoms with E-state index in [4.69, 9.17) is 4.98 Å². The summed E-state index contributed by atoms with van der Waals surface area (Å²) in [6.45, 7) is 0. The second kappa shape index (κ2) is 9.26. The number of hydrogen-bond acceptors (Lipinski definition) is 4. The van der Waals surface area contributed by atoms with E-state index in [-0.39, 0.29) is 0 Å². The third-order valence-corrected chi connectivity index (χ3v) is 8.40. The molecule has 4 aromatic heterocycles. The van der Waals surface area contributed by atoms with Crippen LogP contribution in [-0.4, -0.2) is 19.5 Å². The molecule has 4 heterocycles. The summed E-state index contributed by atoms with van der Waals surface area (Å²) in [5.74, 6) is 0. The minimum absolute atomic E-state index is 0.963. The highest BCUT2D eigenvalue weighted by molar-refractivity contribution is 7.21. The van der Waals surface area contributed by atoms with Gasteiger partial charge < -0.3 is 4.57 Å². The summed E-state index contributed by atoms with van der Waals surface area (Å²) in [4.78, 5) is 14.1. The summed E-state index contributed by atoms with van der Waals surface area (Å²) in [5, 5.41) is 3.46. The van der Waals surface area contributed by atoms with Gasteiger partial charge in [-0.2, -0.15) is 0 Å². The van der Waals surface area contributed by atoms with Crippen molar-refractivity contribution >= 4 is 43.4 Å². The molecule has 8 rings (SSSR count). The van der Waals surface area contributed by atoms with Gasteiger partial charge in [0.1, 0.15) is 5.01 Å². The summed E-state index contributed by atoms with van der Waals surface area (Å²) in [5.41, 5.74) is 9.69. The van der Waals surface area contributed by atoms with Crippen LogP contribution in [0.3, 0.4) is 0 Å². The van der Waals surface area contributed by atoms with Crippen molar-refractivity contribution in [3.05, 3.63) is 134 Å². The lowest BCUT2D eigenvalue weighted by molar-refractivity contribution is 1.18. The van der Waals surface area contributed by atoms with Crippen molar-refractivity contribution < 1.29 is 0 Å². The molecule has 0 N–H and O–H groups in total. The van der Waals surface area contributed by atoms with E-state index in [2.05, 4.69) is 106 Å². The van der Waals surface area contributed by atoms with Crippen molar-refractivity contribution in [2.75, 3.05) is 0 Å². The fourth-order valence-electron chi connectivity index (χ4n) is 5.46. The zero-order valence-electron chi connectivity index (χ0n) is 21.4. The minimum Gasteiger partial charge on any atom is -0.309 e. The molecular formula is C35H22N4S. The number of hydrogen-bond donors (Lipinski definition) is 0. The molecule has 0 atom stereocenters. The first-order valence-electron chi connectivity index (χ1n) is 13.2. The molecule has 0 spiro atoms. The Balaban J connectivity index is 1.29. The van der Waals surface area contributed by atoms with Gasteiger partial charge in [0.2, 0.25) is 0 Å². The molecule has 0 amide bonds. The number of para-hydroxylation sites is 1. The summed E-state index contributed by atoms with van der Waals surface area (Å²) in [6, 6.07) is 42.3. The van der Waals surface area contributed by atoms with Crippen molar-refractivity contribution in [1.82, 2.24) is 19.5 Å². The molecule has 0 bridgehead atoms. The van der Waals surface area contributed by atoms with E-state index >= 15 is 0 Å². The van der Waals surface area contributed by atoms with Crippen LogP contribution in [-0.2, 0) is 0 Å². The molecule has 0 unspecified atom stereocenters.